The van der Waals surface area contributed by atoms with Crippen molar-refractivity contribution in [3.8, 4) is 5.75 Å². The van der Waals surface area contributed by atoms with Gasteiger partial charge in [-0.1, -0.05) is 23.2 Å². The number of anilines is 2. The third-order valence-corrected chi connectivity index (χ3v) is 4.85. The summed E-state index contributed by atoms with van der Waals surface area (Å²) in [6.07, 6.45) is 2.87. The molecule has 0 atom stereocenters. The van der Waals surface area contributed by atoms with Crippen LogP contribution < -0.4 is 9.04 Å². The average Bonchev–Trinajstić information content (AvgIpc) is 2.45. The Morgan fingerprint density at radius 1 is 1.13 bits per heavy atom. The SMILES string of the molecule is COc1cc(SC)nnc1N(c1cc(Cl)cc(Cl)c1)S(C)(=O)=O. The molecule has 1 heterocycles. The van der Waals surface area contributed by atoms with Crippen LogP contribution in [0.15, 0.2) is 29.3 Å². The zero-order valence-corrected chi connectivity index (χ0v) is 15.6. The topological polar surface area (TPSA) is 72.4 Å². The number of benzene rings is 1. The summed E-state index contributed by atoms with van der Waals surface area (Å²) < 4.78 is 30.8. The second-order valence-electron chi connectivity index (χ2n) is 4.43. The van der Waals surface area contributed by atoms with E-state index in [0.717, 1.165) is 10.6 Å². The van der Waals surface area contributed by atoms with Gasteiger partial charge in [0, 0.05) is 16.1 Å². The lowest BCUT2D eigenvalue weighted by Gasteiger charge is -2.23. The van der Waals surface area contributed by atoms with Crippen molar-refractivity contribution in [2.45, 2.75) is 5.03 Å². The molecule has 0 amide bonds. The largest absolute Gasteiger partial charge is 0.493 e. The Balaban J connectivity index is 2.70. The summed E-state index contributed by atoms with van der Waals surface area (Å²) in [5, 5.41) is 9.16. The molecular formula is C13H13Cl2N3O3S2. The third kappa shape index (κ3) is 4.20. The molecule has 1 aromatic carbocycles. The molecule has 2 rings (SSSR count). The highest BCUT2D eigenvalue weighted by Crippen LogP contribution is 2.37. The lowest BCUT2D eigenvalue weighted by atomic mass is 10.3. The maximum Gasteiger partial charge on any atom is 0.237 e. The van der Waals surface area contributed by atoms with Gasteiger partial charge in [0.05, 0.1) is 19.1 Å². The first-order valence-electron chi connectivity index (χ1n) is 6.18. The molecule has 0 fully saturated rings. The molecule has 6 nitrogen and oxygen atoms in total. The highest BCUT2D eigenvalue weighted by Gasteiger charge is 2.26. The Hall–Kier alpha value is -1.22. The molecule has 0 saturated carbocycles. The number of hydrogen-bond donors (Lipinski definition) is 0. The maximum atomic E-state index is 12.3. The number of hydrogen-bond acceptors (Lipinski definition) is 6. The van der Waals surface area contributed by atoms with E-state index in [1.807, 2.05) is 6.26 Å². The van der Waals surface area contributed by atoms with Crippen LogP contribution in [0.4, 0.5) is 11.5 Å². The fourth-order valence-electron chi connectivity index (χ4n) is 1.87. The van der Waals surface area contributed by atoms with Gasteiger partial charge in [0.15, 0.2) is 5.75 Å². The second kappa shape index (κ2) is 7.12. The highest BCUT2D eigenvalue weighted by atomic mass is 35.5. The number of thioether (sulfide) groups is 1. The van der Waals surface area contributed by atoms with Crippen LogP contribution in [0.25, 0.3) is 0 Å². The number of sulfonamides is 1. The molecule has 0 radical (unpaired) electrons. The number of halogens is 2. The number of aromatic nitrogens is 2. The molecule has 10 heteroatoms. The van der Waals surface area contributed by atoms with E-state index in [4.69, 9.17) is 27.9 Å². The number of methoxy groups -OCH3 is 1. The molecular weight excluding hydrogens is 381 g/mol. The fraction of sp³-hybridized carbons (Fsp3) is 0.231. The molecule has 0 N–H and O–H groups in total. The zero-order chi connectivity index (χ0) is 17.2. The van der Waals surface area contributed by atoms with Crippen molar-refractivity contribution in [2.24, 2.45) is 0 Å². The predicted molar refractivity (Wildman–Crippen MR) is 93.8 cm³/mol. The van der Waals surface area contributed by atoms with Gasteiger partial charge in [-0.2, -0.15) is 0 Å². The normalized spacial score (nSPS) is 11.3. The first kappa shape index (κ1) is 18.1. The summed E-state index contributed by atoms with van der Waals surface area (Å²) >= 11 is 13.3. The molecule has 2 aromatic rings. The van der Waals surface area contributed by atoms with Crippen molar-refractivity contribution in [3.05, 3.63) is 34.3 Å². The van der Waals surface area contributed by atoms with Crippen molar-refractivity contribution in [3.63, 3.8) is 0 Å². The van der Waals surface area contributed by atoms with Gasteiger partial charge in [0.25, 0.3) is 0 Å². The monoisotopic (exact) mass is 393 g/mol. The van der Waals surface area contributed by atoms with Crippen molar-refractivity contribution in [1.29, 1.82) is 0 Å². The van der Waals surface area contributed by atoms with Crippen LogP contribution in [-0.2, 0) is 10.0 Å². The summed E-state index contributed by atoms with van der Waals surface area (Å²) in [7, 11) is -2.30. The first-order valence-corrected chi connectivity index (χ1v) is 10.0. The van der Waals surface area contributed by atoms with E-state index >= 15 is 0 Å². The molecule has 23 heavy (non-hydrogen) atoms. The van der Waals surface area contributed by atoms with Gasteiger partial charge in [0.1, 0.15) is 5.03 Å². The summed E-state index contributed by atoms with van der Waals surface area (Å²) in [5.74, 6) is 0.303. The smallest absolute Gasteiger partial charge is 0.237 e. The van der Waals surface area contributed by atoms with Crippen LogP contribution in [0.3, 0.4) is 0 Å². The molecule has 0 unspecified atom stereocenters. The van der Waals surface area contributed by atoms with Crippen LogP contribution in [0.2, 0.25) is 10.0 Å². The standard InChI is InChI=1S/C13H13Cl2N3O3S2/c1-21-11-7-12(22-2)16-17-13(11)18(23(3,19)20)10-5-8(14)4-9(15)6-10/h4-7H,1-3H3. The van der Waals surface area contributed by atoms with Gasteiger partial charge in [-0.05, 0) is 24.5 Å². The molecule has 1 aromatic heterocycles. The zero-order valence-electron chi connectivity index (χ0n) is 12.4. The Labute approximate surface area is 148 Å². The van der Waals surface area contributed by atoms with E-state index in [9.17, 15) is 8.42 Å². The summed E-state index contributed by atoms with van der Waals surface area (Å²) in [4.78, 5) is 0. The molecule has 0 aliphatic carbocycles. The third-order valence-electron chi connectivity index (χ3n) is 2.75. The summed E-state index contributed by atoms with van der Waals surface area (Å²) in [5.41, 5.74) is 0.245. The van der Waals surface area contributed by atoms with Gasteiger partial charge >= 0.3 is 0 Å². The Morgan fingerprint density at radius 2 is 1.74 bits per heavy atom. The van der Waals surface area contributed by atoms with E-state index in [2.05, 4.69) is 10.2 Å². The second-order valence-corrected chi connectivity index (χ2v) is 7.96. The summed E-state index contributed by atoms with van der Waals surface area (Å²) in [6.45, 7) is 0. The van der Waals surface area contributed by atoms with Crippen LogP contribution in [0, 0.1) is 0 Å². The van der Waals surface area contributed by atoms with Crippen molar-refractivity contribution in [1.82, 2.24) is 10.2 Å². The van der Waals surface area contributed by atoms with Crippen molar-refractivity contribution >= 4 is 56.5 Å². The Kier molecular flexibility index (Phi) is 5.61. The van der Waals surface area contributed by atoms with Crippen LogP contribution in [0.5, 0.6) is 5.75 Å². The Morgan fingerprint density at radius 3 is 2.22 bits per heavy atom. The molecule has 124 valence electrons. The van der Waals surface area contributed by atoms with E-state index < -0.39 is 10.0 Å². The van der Waals surface area contributed by atoms with Crippen molar-refractivity contribution < 1.29 is 13.2 Å². The molecule has 0 bridgehead atoms. The maximum absolute atomic E-state index is 12.3. The van der Waals surface area contributed by atoms with Gasteiger partial charge in [-0.3, -0.25) is 0 Å². The minimum atomic E-state index is -3.73. The van der Waals surface area contributed by atoms with E-state index in [-0.39, 0.29) is 17.3 Å². The first-order chi connectivity index (χ1) is 10.8. The fourth-order valence-corrected chi connectivity index (χ4v) is 3.66. The highest BCUT2D eigenvalue weighted by molar-refractivity contribution is 7.98. The van der Waals surface area contributed by atoms with E-state index in [1.54, 1.807) is 6.07 Å². The molecule has 0 aliphatic rings. The molecule has 0 aliphatic heterocycles. The van der Waals surface area contributed by atoms with Gasteiger partial charge < -0.3 is 4.74 Å². The minimum Gasteiger partial charge on any atom is -0.493 e. The van der Waals surface area contributed by atoms with Gasteiger partial charge in [-0.15, -0.1) is 22.0 Å². The molecule has 0 saturated heterocycles. The lowest BCUT2D eigenvalue weighted by molar-refractivity contribution is 0.411. The number of rotatable bonds is 5. The lowest BCUT2D eigenvalue weighted by Crippen LogP contribution is -2.26. The van der Waals surface area contributed by atoms with Crippen LogP contribution in [-0.4, -0.2) is 38.2 Å². The van der Waals surface area contributed by atoms with Gasteiger partial charge in [0.2, 0.25) is 15.8 Å². The van der Waals surface area contributed by atoms with E-state index in [0.29, 0.717) is 15.1 Å². The van der Waals surface area contributed by atoms with Gasteiger partial charge in [-0.25, -0.2) is 12.7 Å². The number of ether oxygens (including phenoxy) is 1. The quantitative estimate of drug-likeness (QED) is 0.722. The van der Waals surface area contributed by atoms with Crippen molar-refractivity contribution in [2.75, 3.05) is 23.9 Å². The van der Waals surface area contributed by atoms with E-state index in [1.165, 1.54) is 37.1 Å². The van der Waals surface area contributed by atoms with Crippen LogP contribution >= 0.6 is 35.0 Å². The van der Waals surface area contributed by atoms with Crippen LogP contribution in [0.1, 0.15) is 0 Å². The minimum absolute atomic E-state index is 0.0335. The molecule has 0 spiro atoms. The average molecular weight is 394 g/mol. The summed E-state index contributed by atoms with van der Waals surface area (Å²) in [6, 6.07) is 6.06. The number of nitrogens with zero attached hydrogens (tertiary/aromatic N) is 3. The predicted octanol–water partition coefficient (Wildman–Crippen LogP) is 3.61. The Bertz CT molecular complexity index is 811.